The maximum Gasteiger partial charge on any atom is 0.366 e. The molecule has 1 aromatic heterocycles. The molecule has 0 amide bonds. The van der Waals surface area contributed by atoms with Crippen LogP contribution >= 0.6 is 20.7 Å². The molecule has 0 saturated carbocycles. The minimum Gasteiger partial charge on any atom is -0.408 e. The fourth-order valence-corrected chi connectivity index (χ4v) is 2.60. The predicted octanol–water partition coefficient (Wildman–Crippen LogP) is 2.13. The van der Waals surface area contributed by atoms with Gasteiger partial charge in [-0.05, 0) is 18.4 Å². The molecular formula is C12H21ClN3O3P. The van der Waals surface area contributed by atoms with E-state index < -0.39 is 8.25 Å². The van der Waals surface area contributed by atoms with Gasteiger partial charge < -0.3 is 20.1 Å². The van der Waals surface area contributed by atoms with Crippen molar-refractivity contribution in [2.24, 2.45) is 11.7 Å². The number of halogens is 1. The number of anilines is 1. The molecule has 0 spiro atoms. The van der Waals surface area contributed by atoms with Gasteiger partial charge in [0.1, 0.15) is 5.82 Å². The van der Waals surface area contributed by atoms with Crippen molar-refractivity contribution in [2.45, 2.75) is 26.3 Å². The molecule has 0 radical (unpaired) electrons. The zero-order chi connectivity index (χ0) is 14.0. The Kier molecular flexibility index (Phi) is 6.27. The first-order valence-corrected chi connectivity index (χ1v) is 7.66. The predicted molar refractivity (Wildman–Crippen MR) is 81.9 cm³/mol. The van der Waals surface area contributed by atoms with Crippen LogP contribution in [0.15, 0.2) is 12.1 Å². The first-order chi connectivity index (χ1) is 8.97. The summed E-state index contributed by atoms with van der Waals surface area (Å²) in [6.07, 6.45) is 0.887. The summed E-state index contributed by atoms with van der Waals surface area (Å²) in [5.41, 5.74) is 7.05. The summed E-state index contributed by atoms with van der Waals surface area (Å²) >= 11 is 0. The second-order valence-electron chi connectivity index (χ2n) is 5.17. The van der Waals surface area contributed by atoms with Crippen LogP contribution in [0.4, 0.5) is 5.82 Å². The molecule has 0 aliphatic carbocycles. The van der Waals surface area contributed by atoms with Crippen molar-refractivity contribution >= 4 is 26.5 Å². The highest BCUT2D eigenvalue weighted by atomic mass is 35.5. The molecule has 6 nitrogen and oxygen atoms in total. The quantitative estimate of drug-likeness (QED) is 0.826. The lowest BCUT2D eigenvalue weighted by atomic mass is 9.99. The van der Waals surface area contributed by atoms with E-state index in [0.717, 1.165) is 30.9 Å². The van der Waals surface area contributed by atoms with Crippen LogP contribution in [0.2, 0.25) is 0 Å². The Bertz CT molecular complexity index is 487. The minimum absolute atomic E-state index is 0. The van der Waals surface area contributed by atoms with E-state index in [4.69, 9.17) is 15.2 Å². The van der Waals surface area contributed by atoms with Crippen LogP contribution in [-0.4, -0.2) is 23.0 Å². The van der Waals surface area contributed by atoms with Gasteiger partial charge >= 0.3 is 8.25 Å². The average molecular weight is 322 g/mol. The Hall–Kier alpha value is -0.810. The fourth-order valence-electron chi connectivity index (χ4n) is 2.31. The topological polar surface area (TPSA) is 88.7 Å². The molecular weight excluding hydrogens is 301 g/mol. The van der Waals surface area contributed by atoms with E-state index in [9.17, 15) is 4.57 Å². The molecule has 8 heteroatoms. The van der Waals surface area contributed by atoms with E-state index >= 15 is 0 Å². The van der Waals surface area contributed by atoms with Crippen LogP contribution in [0.1, 0.15) is 31.9 Å². The molecule has 2 atom stereocenters. The number of rotatable bonds is 4. The lowest BCUT2D eigenvalue weighted by Gasteiger charge is -2.34. The lowest BCUT2D eigenvalue weighted by Crippen LogP contribution is -2.36. The van der Waals surface area contributed by atoms with Gasteiger partial charge in [-0.2, -0.15) is 4.98 Å². The molecule has 2 rings (SSSR count). The lowest BCUT2D eigenvalue weighted by molar-refractivity contribution is 0.403. The standard InChI is InChI=1S/C12H20N3O3P.ClH/c1-8(2)7-15-6-5-10(13)9-3-4-11(14-12(9)15)18-19(16)17;/h3-4,8,10,19H,5-7,13H2,1-2H3,(H,16,17);1H. The Labute approximate surface area is 125 Å². The van der Waals surface area contributed by atoms with Crippen LogP contribution < -0.4 is 15.2 Å². The largest absolute Gasteiger partial charge is 0.408 e. The van der Waals surface area contributed by atoms with Gasteiger partial charge in [-0.1, -0.05) is 13.8 Å². The molecule has 0 fully saturated rings. The molecule has 0 aromatic carbocycles. The second-order valence-corrected chi connectivity index (χ2v) is 5.90. The fraction of sp³-hybridized carbons (Fsp3) is 0.583. The first-order valence-electron chi connectivity index (χ1n) is 6.39. The van der Waals surface area contributed by atoms with Crippen molar-refractivity contribution < 1.29 is 14.0 Å². The number of pyridine rings is 1. The molecule has 3 N–H and O–H groups in total. The van der Waals surface area contributed by atoms with Gasteiger partial charge in [-0.3, -0.25) is 0 Å². The second kappa shape index (κ2) is 7.27. The molecule has 0 saturated heterocycles. The number of fused-ring (bicyclic) bond motifs is 1. The molecule has 1 aliphatic heterocycles. The van der Waals surface area contributed by atoms with Crippen LogP contribution in [0.5, 0.6) is 5.88 Å². The van der Waals surface area contributed by atoms with Gasteiger partial charge in [-0.25, -0.2) is 4.57 Å². The Balaban J connectivity index is 0.00000200. The smallest absolute Gasteiger partial charge is 0.366 e. The Morgan fingerprint density at radius 2 is 2.30 bits per heavy atom. The number of hydrogen-bond acceptors (Lipinski definition) is 5. The molecule has 1 aliphatic rings. The normalized spacial score (nSPS) is 19.2. The third kappa shape index (κ3) is 4.09. The third-order valence-corrected chi connectivity index (χ3v) is 3.45. The highest BCUT2D eigenvalue weighted by Crippen LogP contribution is 2.34. The third-order valence-electron chi connectivity index (χ3n) is 3.07. The van der Waals surface area contributed by atoms with Crippen molar-refractivity contribution in [1.29, 1.82) is 0 Å². The molecule has 2 unspecified atom stereocenters. The van der Waals surface area contributed by atoms with Gasteiger partial charge in [0.2, 0.25) is 5.88 Å². The van der Waals surface area contributed by atoms with Gasteiger partial charge in [0.05, 0.1) is 0 Å². The summed E-state index contributed by atoms with van der Waals surface area (Å²) in [7, 11) is -3.03. The monoisotopic (exact) mass is 321 g/mol. The van der Waals surface area contributed by atoms with E-state index in [1.165, 1.54) is 0 Å². The zero-order valence-corrected chi connectivity index (χ0v) is 13.4. The van der Waals surface area contributed by atoms with Crippen LogP contribution in [0.25, 0.3) is 0 Å². The zero-order valence-electron chi connectivity index (χ0n) is 11.6. The van der Waals surface area contributed by atoms with Crippen molar-refractivity contribution in [3.05, 3.63) is 17.7 Å². The van der Waals surface area contributed by atoms with Crippen molar-refractivity contribution in [2.75, 3.05) is 18.0 Å². The summed E-state index contributed by atoms with van der Waals surface area (Å²) in [5, 5.41) is 0. The summed E-state index contributed by atoms with van der Waals surface area (Å²) in [4.78, 5) is 15.3. The van der Waals surface area contributed by atoms with E-state index in [0.29, 0.717) is 5.92 Å². The van der Waals surface area contributed by atoms with Gasteiger partial charge in [0, 0.05) is 30.8 Å². The van der Waals surface area contributed by atoms with Crippen LogP contribution in [0.3, 0.4) is 0 Å². The minimum atomic E-state index is -3.03. The van der Waals surface area contributed by atoms with Gasteiger partial charge in [-0.15, -0.1) is 12.4 Å². The highest BCUT2D eigenvalue weighted by molar-refractivity contribution is 7.32. The SMILES string of the molecule is CC(C)CN1CCC(N)c2ccc(O[PH](=O)O)nc21.Cl. The van der Waals surface area contributed by atoms with Crippen LogP contribution in [0, 0.1) is 5.92 Å². The van der Waals surface area contributed by atoms with Gasteiger partial charge in [0.15, 0.2) is 0 Å². The number of hydrogen-bond donors (Lipinski definition) is 2. The average Bonchev–Trinajstić information content (AvgIpc) is 2.31. The molecule has 20 heavy (non-hydrogen) atoms. The van der Waals surface area contributed by atoms with Crippen LogP contribution in [-0.2, 0) is 4.57 Å². The summed E-state index contributed by atoms with van der Waals surface area (Å²) < 4.78 is 15.5. The first kappa shape index (κ1) is 17.2. The van der Waals surface area contributed by atoms with Gasteiger partial charge in [0.25, 0.3) is 0 Å². The summed E-state index contributed by atoms with van der Waals surface area (Å²) in [6.45, 7) is 6.00. The number of nitrogens with zero attached hydrogens (tertiary/aromatic N) is 2. The maximum atomic E-state index is 10.7. The molecule has 0 bridgehead atoms. The maximum absolute atomic E-state index is 10.7. The van der Waals surface area contributed by atoms with E-state index in [1.54, 1.807) is 6.07 Å². The Morgan fingerprint density at radius 3 is 2.90 bits per heavy atom. The molecule has 1 aromatic rings. The Morgan fingerprint density at radius 1 is 1.60 bits per heavy atom. The molecule has 114 valence electrons. The van der Waals surface area contributed by atoms with Crippen molar-refractivity contribution in [1.82, 2.24) is 4.98 Å². The number of aromatic nitrogens is 1. The van der Waals surface area contributed by atoms with E-state index in [2.05, 4.69) is 23.7 Å². The summed E-state index contributed by atoms with van der Waals surface area (Å²) in [5.74, 6) is 1.45. The molecule has 2 heterocycles. The highest BCUT2D eigenvalue weighted by Gasteiger charge is 2.25. The van der Waals surface area contributed by atoms with Crippen molar-refractivity contribution in [3.63, 3.8) is 0 Å². The van der Waals surface area contributed by atoms with E-state index in [-0.39, 0.29) is 24.3 Å². The summed E-state index contributed by atoms with van der Waals surface area (Å²) in [6, 6.07) is 3.39. The van der Waals surface area contributed by atoms with Crippen molar-refractivity contribution in [3.8, 4) is 5.88 Å². The number of nitrogens with two attached hydrogens (primary N) is 1. The van der Waals surface area contributed by atoms with E-state index in [1.807, 2.05) is 6.07 Å².